The van der Waals surface area contributed by atoms with E-state index in [0.29, 0.717) is 33.8 Å². The van der Waals surface area contributed by atoms with E-state index in [-0.39, 0.29) is 18.2 Å². The number of ketones is 1. The monoisotopic (exact) mass is 484 g/mol. The fraction of sp³-hybridized carbons (Fsp3) is 0.435. The maximum atomic E-state index is 13.1. The standard InChI is InChI=1S/C23H28N6O4S/c1-4-33-22(15-10-17(31-2)12-18(11-15)32-3)19(30)13-21-27-28-23(34-21)25-16-7-9-29(14-16)20-6-5-8-24-26-20/h5-6,8,10-12,16,22H,4,7,9,13-14H2,1-3H3,(H,25,28)/t16-,22-/m1/s1. The van der Waals surface area contributed by atoms with E-state index in [4.69, 9.17) is 14.2 Å². The summed E-state index contributed by atoms with van der Waals surface area (Å²) >= 11 is 1.39. The van der Waals surface area contributed by atoms with E-state index in [1.807, 2.05) is 19.1 Å². The van der Waals surface area contributed by atoms with E-state index in [0.717, 1.165) is 25.3 Å². The van der Waals surface area contributed by atoms with Crippen molar-refractivity contribution >= 4 is 28.1 Å². The van der Waals surface area contributed by atoms with E-state index in [9.17, 15) is 4.79 Å². The summed E-state index contributed by atoms with van der Waals surface area (Å²) in [6.07, 6.45) is 2.00. The molecule has 0 radical (unpaired) electrons. The molecule has 2 atom stereocenters. The average molecular weight is 485 g/mol. The number of anilines is 2. The van der Waals surface area contributed by atoms with Crippen LogP contribution in [0.4, 0.5) is 10.9 Å². The molecule has 3 heterocycles. The van der Waals surface area contributed by atoms with Crippen molar-refractivity contribution in [2.45, 2.75) is 31.9 Å². The maximum absolute atomic E-state index is 13.1. The Morgan fingerprint density at radius 3 is 2.68 bits per heavy atom. The molecule has 0 unspecified atom stereocenters. The number of ether oxygens (including phenoxy) is 3. The first kappa shape index (κ1) is 23.8. The molecule has 3 aromatic rings. The lowest BCUT2D eigenvalue weighted by molar-refractivity contribution is -0.130. The van der Waals surface area contributed by atoms with Gasteiger partial charge in [-0.2, -0.15) is 5.10 Å². The number of hydrogen-bond donors (Lipinski definition) is 1. The first-order valence-corrected chi connectivity index (χ1v) is 11.9. The Kier molecular flexibility index (Phi) is 7.86. The lowest BCUT2D eigenvalue weighted by atomic mass is 10.0. The van der Waals surface area contributed by atoms with Gasteiger partial charge in [-0.05, 0) is 43.2 Å². The van der Waals surface area contributed by atoms with Crippen LogP contribution in [0.15, 0.2) is 36.5 Å². The highest BCUT2D eigenvalue weighted by atomic mass is 32.1. The summed E-state index contributed by atoms with van der Waals surface area (Å²) in [5, 5.41) is 21.4. The molecular weight excluding hydrogens is 456 g/mol. The van der Waals surface area contributed by atoms with Gasteiger partial charge in [-0.3, -0.25) is 4.79 Å². The van der Waals surface area contributed by atoms with Crippen molar-refractivity contribution in [1.29, 1.82) is 0 Å². The van der Waals surface area contributed by atoms with Crippen molar-refractivity contribution in [2.24, 2.45) is 0 Å². The third kappa shape index (κ3) is 5.78. The maximum Gasteiger partial charge on any atom is 0.205 e. The van der Waals surface area contributed by atoms with Crippen LogP contribution in [-0.4, -0.2) is 66.1 Å². The molecule has 180 valence electrons. The Bertz CT molecular complexity index is 1070. The van der Waals surface area contributed by atoms with Gasteiger partial charge in [0.1, 0.15) is 22.6 Å². The number of rotatable bonds is 11. The Balaban J connectivity index is 1.39. The molecule has 0 amide bonds. The molecule has 1 aromatic carbocycles. The van der Waals surface area contributed by atoms with Crippen molar-refractivity contribution in [3.63, 3.8) is 0 Å². The van der Waals surface area contributed by atoms with Crippen LogP contribution in [-0.2, 0) is 16.0 Å². The van der Waals surface area contributed by atoms with Crippen LogP contribution < -0.4 is 19.7 Å². The summed E-state index contributed by atoms with van der Waals surface area (Å²) in [6, 6.07) is 9.39. The van der Waals surface area contributed by atoms with E-state index >= 15 is 0 Å². The molecular formula is C23H28N6O4S. The summed E-state index contributed by atoms with van der Waals surface area (Å²) in [5.74, 6) is 1.96. The number of benzene rings is 1. The molecule has 34 heavy (non-hydrogen) atoms. The van der Waals surface area contributed by atoms with Gasteiger partial charge in [0.15, 0.2) is 11.6 Å². The zero-order valence-electron chi connectivity index (χ0n) is 19.4. The number of carbonyl (C=O) groups excluding carboxylic acids is 1. The molecule has 0 bridgehead atoms. The fourth-order valence-corrected chi connectivity index (χ4v) is 4.70. The number of nitrogens with zero attached hydrogens (tertiary/aromatic N) is 5. The molecule has 1 aliphatic rings. The highest BCUT2D eigenvalue weighted by molar-refractivity contribution is 7.15. The third-order valence-electron chi connectivity index (χ3n) is 5.49. The molecule has 2 aromatic heterocycles. The molecule has 1 fully saturated rings. The second kappa shape index (κ2) is 11.2. The van der Waals surface area contributed by atoms with Crippen LogP contribution >= 0.6 is 11.3 Å². The van der Waals surface area contributed by atoms with E-state index in [1.54, 1.807) is 38.6 Å². The van der Waals surface area contributed by atoms with Crippen LogP contribution in [0.1, 0.15) is 30.0 Å². The molecule has 10 nitrogen and oxygen atoms in total. The minimum atomic E-state index is -0.746. The predicted octanol–water partition coefficient (Wildman–Crippen LogP) is 2.93. The quantitative estimate of drug-likeness (QED) is 0.436. The Labute approximate surface area is 202 Å². The molecule has 11 heteroatoms. The van der Waals surface area contributed by atoms with Crippen molar-refractivity contribution in [3.05, 3.63) is 47.1 Å². The van der Waals surface area contributed by atoms with Crippen LogP contribution in [0.2, 0.25) is 0 Å². The average Bonchev–Trinajstić information content (AvgIpc) is 3.52. The number of Topliss-reactive ketones (excluding diaryl/α,β-unsaturated/α-hetero) is 1. The zero-order valence-corrected chi connectivity index (χ0v) is 20.2. The predicted molar refractivity (Wildman–Crippen MR) is 129 cm³/mol. The Hall–Kier alpha value is -3.31. The topological polar surface area (TPSA) is 112 Å². The van der Waals surface area contributed by atoms with Gasteiger partial charge < -0.3 is 24.4 Å². The van der Waals surface area contributed by atoms with Crippen LogP contribution in [0.25, 0.3) is 0 Å². The van der Waals surface area contributed by atoms with Gasteiger partial charge in [0.25, 0.3) is 0 Å². The minimum Gasteiger partial charge on any atom is -0.497 e. The highest BCUT2D eigenvalue weighted by Crippen LogP contribution is 2.30. The minimum absolute atomic E-state index is 0.102. The van der Waals surface area contributed by atoms with Gasteiger partial charge in [-0.15, -0.1) is 15.3 Å². The van der Waals surface area contributed by atoms with Gasteiger partial charge in [-0.25, -0.2) is 0 Å². The lowest BCUT2D eigenvalue weighted by Crippen LogP contribution is -2.26. The summed E-state index contributed by atoms with van der Waals surface area (Å²) in [7, 11) is 3.14. The van der Waals surface area contributed by atoms with Crippen molar-refractivity contribution < 1.29 is 19.0 Å². The summed E-state index contributed by atoms with van der Waals surface area (Å²) in [4.78, 5) is 15.3. The summed E-state index contributed by atoms with van der Waals surface area (Å²) in [6.45, 7) is 3.94. The van der Waals surface area contributed by atoms with Gasteiger partial charge in [0.2, 0.25) is 5.13 Å². The van der Waals surface area contributed by atoms with Crippen LogP contribution in [0.5, 0.6) is 11.5 Å². The van der Waals surface area contributed by atoms with Gasteiger partial charge in [0, 0.05) is 38.0 Å². The normalized spacial score (nSPS) is 16.3. The van der Waals surface area contributed by atoms with Gasteiger partial charge in [0.05, 0.1) is 20.6 Å². The molecule has 1 saturated heterocycles. The van der Waals surface area contributed by atoms with Crippen molar-refractivity contribution in [2.75, 3.05) is 44.1 Å². The second-order valence-electron chi connectivity index (χ2n) is 7.78. The number of nitrogens with one attached hydrogen (secondary N) is 1. The molecule has 1 N–H and O–H groups in total. The van der Waals surface area contributed by atoms with E-state index in [2.05, 4.69) is 30.6 Å². The number of methoxy groups -OCH3 is 2. The number of hydrogen-bond acceptors (Lipinski definition) is 11. The zero-order chi connectivity index (χ0) is 23.9. The number of aromatic nitrogens is 4. The van der Waals surface area contributed by atoms with Crippen molar-refractivity contribution in [1.82, 2.24) is 20.4 Å². The van der Waals surface area contributed by atoms with E-state index < -0.39 is 6.10 Å². The molecule has 0 aliphatic carbocycles. The number of carbonyl (C=O) groups is 1. The first-order valence-electron chi connectivity index (χ1n) is 11.1. The Morgan fingerprint density at radius 2 is 2.00 bits per heavy atom. The highest BCUT2D eigenvalue weighted by Gasteiger charge is 2.26. The molecule has 4 rings (SSSR count). The smallest absolute Gasteiger partial charge is 0.205 e. The van der Waals surface area contributed by atoms with Gasteiger partial charge in [-0.1, -0.05) is 11.3 Å². The van der Waals surface area contributed by atoms with Crippen LogP contribution in [0.3, 0.4) is 0 Å². The molecule has 0 saturated carbocycles. The fourth-order valence-electron chi connectivity index (χ4n) is 3.87. The largest absolute Gasteiger partial charge is 0.497 e. The molecule has 1 aliphatic heterocycles. The SMILES string of the molecule is CCO[C@@H](C(=O)Cc1nnc(N[C@@H]2CCN(c3cccnn3)C2)s1)c1cc(OC)cc(OC)c1. The Morgan fingerprint density at radius 1 is 1.21 bits per heavy atom. The summed E-state index contributed by atoms with van der Waals surface area (Å²) in [5.41, 5.74) is 0.681. The lowest BCUT2D eigenvalue weighted by Gasteiger charge is -2.17. The van der Waals surface area contributed by atoms with Crippen LogP contribution in [0, 0.1) is 0 Å². The van der Waals surface area contributed by atoms with Crippen molar-refractivity contribution in [3.8, 4) is 11.5 Å². The second-order valence-corrected chi connectivity index (χ2v) is 8.85. The molecule has 0 spiro atoms. The van der Waals surface area contributed by atoms with Gasteiger partial charge >= 0.3 is 0 Å². The van der Waals surface area contributed by atoms with E-state index in [1.165, 1.54) is 11.3 Å². The summed E-state index contributed by atoms with van der Waals surface area (Å²) < 4.78 is 16.5. The first-order chi connectivity index (χ1) is 16.6. The third-order valence-corrected chi connectivity index (χ3v) is 6.35.